The van der Waals surface area contributed by atoms with Gasteiger partial charge in [0.15, 0.2) is 0 Å². The molecule has 0 saturated carbocycles. The number of hydrogen-bond donors (Lipinski definition) is 2. The van der Waals surface area contributed by atoms with Crippen molar-refractivity contribution < 1.29 is 4.74 Å². The van der Waals surface area contributed by atoms with Crippen LogP contribution in [0.15, 0.2) is 36.9 Å². The third-order valence-electron chi connectivity index (χ3n) is 2.70. The average molecular weight is 246 g/mol. The lowest BCUT2D eigenvalue weighted by Gasteiger charge is -2.17. The van der Waals surface area contributed by atoms with E-state index in [-0.39, 0.29) is 6.04 Å². The molecule has 0 aliphatic rings. The van der Waals surface area contributed by atoms with E-state index in [1.807, 2.05) is 29.0 Å². The lowest BCUT2D eigenvalue weighted by molar-refractivity contribution is 0.415. The number of methoxy groups -OCH3 is 1. The SMILES string of the molecule is COc1ccc(NC(C)Cn2ccnc2)c(N)c1. The summed E-state index contributed by atoms with van der Waals surface area (Å²) < 4.78 is 7.15. The standard InChI is InChI=1S/C13H18N4O/c1-10(8-17-6-5-15-9-17)16-13-4-3-11(18-2)7-12(13)14/h3-7,9-10,16H,8,14H2,1-2H3. The highest BCUT2D eigenvalue weighted by atomic mass is 16.5. The molecule has 1 aromatic heterocycles. The lowest BCUT2D eigenvalue weighted by atomic mass is 10.2. The van der Waals surface area contributed by atoms with E-state index in [2.05, 4.69) is 17.2 Å². The number of nitrogens with two attached hydrogens (primary N) is 1. The van der Waals surface area contributed by atoms with Crippen molar-refractivity contribution in [1.29, 1.82) is 0 Å². The Morgan fingerprint density at radius 3 is 2.94 bits per heavy atom. The van der Waals surface area contributed by atoms with Crippen molar-refractivity contribution in [3.8, 4) is 5.75 Å². The number of hydrogen-bond acceptors (Lipinski definition) is 4. The molecule has 0 aliphatic heterocycles. The first-order valence-electron chi connectivity index (χ1n) is 5.85. The molecule has 5 heteroatoms. The number of benzene rings is 1. The summed E-state index contributed by atoms with van der Waals surface area (Å²) in [6, 6.07) is 5.89. The van der Waals surface area contributed by atoms with Gasteiger partial charge in [-0.2, -0.15) is 0 Å². The minimum atomic E-state index is 0.259. The number of imidazole rings is 1. The van der Waals surface area contributed by atoms with Crippen molar-refractivity contribution in [3.05, 3.63) is 36.9 Å². The molecule has 1 atom stereocenters. The lowest BCUT2D eigenvalue weighted by Crippen LogP contribution is -2.21. The van der Waals surface area contributed by atoms with Crippen LogP contribution in [0, 0.1) is 0 Å². The highest BCUT2D eigenvalue weighted by Gasteiger charge is 2.06. The summed E-state index contributed by atoms with van der Waals surface area (Å²) in [6.07, 6.45) is 5.51. The molecule has 0 bridgehead atoms. The van der Waals surface area contributed by atoms with Crippen molar-refractivity contribution in [2.45, 2.75) is 19.5 Å². The Morgan fingerprint density at radius 1 is 1.50 bits per heavy atom. The van der Waals surface area contributed by atoms with E-state index >= 15 is 0 Å². The number of nitrogens with zero attached hydrogens (tertiary/aromatic N) is 2. The van der Waals surface area contributed by atoms with Crippen LogP contribution >= 0.6 is 0 Å². The van der Waals surface area contributed by atoms with E-state index in [0.717, 1.165) is 18.0 Å². The van der Waals surface area contributed by atoms with E-state index < -0.39 is 0 Å². The molecule has 1 aromatic carbocycles. The van der Waals surface area contributed by atoms with Crippen LogP contribution in [0.4, 0.5) is 11.4 Å². The van der Waals surface area contributed by atoms with Crippen molar-refractivity contribution in [2.24, 2.45) is 0 Å². The van der Waals surface area contributed by atoms with Crippen LogP contribution in [0.25, 0.3) is 0 Å². The molecule has 96 valence electrons. The maximum Gasteiger partial charge on any atom is 0.121 e. The fourth-order valence-corrected chi connectivity index (χ4v) is 1.82. The predicted molar refractivity (Wildman–Crippen MR) is 72.7 cm³/mol. The van der Waals surface area contributed by atoms with Crippen molar-refractivity contribution in [3.63, 3.8) is 0 Å². The minimum Gasteiger partial charge on any atom is -0.497 e. The molecule has 18 heavy (non-hydrogen) atoms. The molecular weight excluding hydrogens is 228 g/mol. The Kier molecular flexibility index (Phi) is 3.72. The van der Waals surface area contributed by atoms with Crippen LogP contribution in [-0.4, -0.2) is 22.7 Å². The van der Waals surface area contributed by atoms with Gasteiger partial charge in [-0.1, -0.05) is 0 Å². The zero-order valence-corrected chi connectivity index (χ0v) is 10.6. The predicted octanol–water partition coefficient (Wildman–Crippen LogP) is 1.97. The van der Waals surface area contributed by atoms with Gasteiger partial charge in [-0.05, 0) is 19.1 Å². The largest absolute Gasteiger partial charge is 0.497 e. The normalized spacial score (nSPS) is 12.1. The molecule has 3 N–H and O–H groups in total. The third-order valence-corrected chi connectivity index (χ3v) is 2.70. The minimum absolute atomic E-state index is 0.259. The number of nitrogens with one attached hydrogen (secondary N) is 1. The maximum absolute atomic E-state index is 5.96. The summed E-state index contributed by atoms with van der Waals surface area (Å²) in [5, 5.41) is 3.37. The van der Waals surface area contributed by atoms with E-state index in [0.29, 0.717) is 5.69 Å². The van der Waals surface area contributed by atoms with Gasteiger partial charge >= 0.3 is 0 Å². The highest BCUT2D eigenvalue weighted by Crippen LogP contribution is 2.24. The number of aromatic nitrogens is 2. The fraction of sp³-hybridized carbons (Fsp3) is 0.308. The van der Waals surface area contributed by atoms with Crippen molar-refractivity contribution in [2.75, 3.05) is 18.2 Å². The summed E-state index contributed by atoms with van der Waals surface area (Å²) in [5.41, 5.74) is 7.56. The zero-order valence-electron chi connectivity index (χ0n) is 10.6. The van der Waals surface area contributed by atoms with Crippen LogP contribution in [0.3, 0.4) is 0 Å². The molecule has 2 rings (SSSR count). The average Bonchev–Trinajstić information content (AvgIpc) is 2.84. The van der Waals surface area contributed by atoms with Crippen LogP contribution in [0.1, 0.15) is 6.92 Å². The summed E-state index contributed by atoms with van der Waals surface area (Å²) in [7, 11) is 1.63. The first-order chi connectivity index (χ1) is 8.69. The smallest absolute Gasteiger partial charge is 0.121 e. The van der Waals surface area contributed by atoms with Crippen LogP contribution in [0.2, 0.25) is 0 Å². The first kappa shape index (κ1) is 12.3. The van der Waals surface area contributed by atoms with Gasteiger partial charge in [-0.15, -0.1) is 0 Å². The third kappa shape index (κ3) is 2.94. The fourth-order valence-electron chi connectivity index (χ4n) is 1.82. The van der Waals surface area contributed by atoms with Gasteiger partial charge in [0.1, 0.15) is 5.75 Å². The van der Waals surface area contributed by atoms with Crippen LogP contribution in [0.5, 0.6) is 5.75 Å². The highest BCUT2D eigenvalue weighted by molar-refractivity contribution is 5.68. The summed E-state index contributed by atoms with van der Waals surface area (Å²) in [5.74, 6) is 0.764. The molecule has 0 radical (unpaired) electrons. The van der Waals surface area contributed by atoms with Crippen molar-refractivity contribution in [1.82, 2.24) is 9.55 Å². The Bertz CT molecular complexity index is 496. The Labute approximate surface area is 107 Å². The van der Waals surface area contributed by atoms with Gasteiger partial charge in [0, 0.05) is 31.0 Å². The van der Waals surface area contributed by atoms with Gasteiger partial charge in [-0.25, -0.2) is 4.98 Å². The Morgan fingerprint density at radius 2 is 2.33 bits per heavy atom. The van der Waals surface area contributed by atoms with Gasteiger partial charge < -0.3 is 20.4 Å². The molecule has 2 aromatic rings. The topological polar surface area (TPSA) is 65.1 Å². The zero-order chi connectivity index (χ0) is 13.0. The first-order valence-corrected chi connectivity index (χ1v) is 5.85. The molecule has 0 fully saturated rings. The number of nitrogen functional groups attached to an aromatic ring is 1. The number of ether oxygens (including phenoxy) is 1. The summed E-state index contributed by atoms with van der Waals surface area (Å²) >= 11 is 0. The quantitative estimate of drug-likeness (QED) is 0.792. The molecule has 1 unspecified atom stereocenters. The molecule has 0 saturated heterocycles. The second kappa shape index (κ2) is 5.44. The van der Waals surface area contributed by atoms with Crippen molar-refractivity contribution >= 4 is 11.4 Å². The molecule has 0 spiro atoms. The summed E-state index contributed by atoms with van der Waals surface area (Å²) in [4.78, 5) is 4.02. The molecule has 0 amide bonds. The van der Waals surface area contributed by atoms with Gasteiger partial charge in [0.2, 0.25) is 0 Å². The second-order valence-electron chi connectivity index (χ2n) is 4.26. The number of anilines is 2. The number of rotatable bonds is 5. The molecule has 1 heterocycles. The second-order valence-corrected chi connectivity index (χ2v) is 4.26. The maximum atomic E-state index is 5.96. The van der Waals surface area contributed by atoms with Gasteiger partial charge in [0.25, 0.3) is 0 Å². The molecular formula is C13H18N4O. The van der Waals surface area contributed by atoms with Gasteiger partial charge in [0.05, 0.1) is 24.8 Å². The van der Waals surface area contributed by atoms with Gasteiger partial charge in [-0.3, -0.25) is 0 Å². The molecule has 0 aliphatic carbocycles. The van der Waals surface area contributed by atoms with E-state index in [1.165, 1.54) is 0 Å². The van der Waals surface area contributed by atoms with Crippen LogP contribution in [-0.2, 0) is 6.54 Å². The Balaban J connectivity index is 2.00. The van der Waals surface area contributed by atoms with E-state index in [1.54, 1.807) is 19.6 Å². The van der Waals surface area contributed by atoms with Crippen LogP contribution < -0.4 is 15.8 Å². The monoisotopic (exact) mass is 246 g/mol. The van der Waals surface area contributed by atoms with E-state index in [4.69, 9.17) is 10.5 Å². The summed E-state index contributed by atoms with van der Waals surface area (Å²) in [6.45, 7) is 2.94. The van der Waals surface area contributed by atoms with E-state index in [9.17, 15) is 0 Å². The molecule has 5 nitrogen and oxygen atoms in total. The Hall–Kier alpha value is -2.17.